The Hall–Kier alpha value is -2.82. The summed E-state index contributed by atoms with van der Waals surface area (Å²) in [4.78, 5) is 28.2. The Kier molecular flexibility index (Phi) is 5.31. The fraction of sp³-hybridized carbons (Fsp3) is 0.417. The summed E-state index contributed by atoms with van der Waals surface area (Å²) in [5, 5.41) is 5.95. The van der Waals surface area contributed by atoms with Crippen LogP contribution in [-0.2, 0) is 9.59 Å². The van der Waals surface area contributed by atoms with Crippen molar-refractivity contribution in [3.05, 3.63) is 54.1 Å². The number of hydrogen-bond acceptors (Lipinski definition) is 3. The molecule has 1 aliphatic carbocycles. The lowest BCUT2D eigenvalue weighted by molar-refractivity contribution is -0.131. The van der Waals surface area contributed by atoms with Crippen LogP contribution < -0.4 is 15.5 Å². The van der Waals surface area contributed by atoms with E-state index in [1.165, 1.54) is 18.5 Å². The molecule has 0 spiro atoms. The second-order valence-corrected chi connectivity index (χ2v) is 8.47. The van der Waals surface area contributed by atoms with E-state index >= 15 is 0 Å². The van der Waals surface area contributed by atoms with E-state index in [2.05, 4.69) is 29.4 Å². The van der Waals surface area contributed by atoms with Crippen molar-refractivity contribution in [1.29, 1.82) is 0 Å². The van der Waals surface area contributed by atoms with Gasteiger partial charge in [-0.2, -0.15) is 0 Å². The summed E-state index contributed by atoms with van der Waals surface area (Å²) in [5.41, 5.74) is 2.83. The third-order valence-electron chi connectivity index (χ3n) is 6.05. The predicted octanol–water partition coefficient (Wildman–Crippen LogP) is 4.77. The highest BCUT2D eigenvalue weighted by Gasteiger charge is 2.56. The molecule has 1 saturated carbocycles. The maximum atomic E-state index is 13.0. The van der Waals surface area contributed by atoms with Gasteiger partial charge in [-0.3, -0.25) is 9.59 Å². The predicted molar refractivity (Wildman–Crippen MR) is 117 cm³/mol. The van der Waals surface area contributed by atoms with Crippen LogP contribution in [-0.4, -0.2) is 24.9 Å². The van der Waals surface area contributed by atoms with Gasteiger partial charge in [0.2, 0.25) is 11.8 Å². The Balaban J connectivity index is 1.42. The maximum absolute atomic E-state index is 13.0. The number of hydrogen-bond donors (Lipinski definition) is 2. The zero-order chi connectivity index (χ0) is 20.4. The van der Waals surface area contributed by atoms with Gasteiger partial charge in [0.15, 0.2) is 0 Å². The zero-order valence-corrected chi connectivity index (χ0v) is 17.2. The molecule has 0 aromatic heterocycles. The fourth-order valence-corrected chi connectivity index (χ4v) is 4.02. The zero-order valence-electron chi connectivity index (χ0n) is 17.2. The van der Waals surface area contributed by atoms with E-state index in [-0.39, 0.29) is 11.8 Å². The van der Waals surface area contributed by atoms with Gasteiger partial charge < -0.3 is 15.5 Å². The first-order chi connectivity index (χ1) is 14.0. The van der Waals surface area contributed by atoms with Crippen molar-refractivity contribution in [3.63, 3.8) is 0 Å². The van der Waals surface area contributed by atoms with Crippen molar-refractivity contribution in [2.45, 2.75) is 45.4 Å². The van der Waals surface area contributed by atoms with E-state index < -0.39 is 5.41 Å². The van der Waals surface area contributed by atoms with Gasteiger partial charge in [0.05, 0.1) is 0 Å². The first-order valence-electron chi connectivity index (χ1n) is 10.6. The molecule has 2 N–H and O–H groups in total. The molecule has 2 fully saturated rings. The number of carbonyl (C=O) groups is 2. The largest absolute Gasteiger partial charge is 0.372 e. The van der Waals surface area contributed by atoms with Crippen LogP contribution >= 0.6 is 0 Å². The smallest absolute Gasteiger partial charge is 0.240 e. The third-order valence-corrected chi connectivity index (χ3v) is 6.05. The van der Waals surface area contributed by atoms with Crippen LogP contribution in [0.5, 0.6) is 0 Å². The number of amides is 2. The Bertz CT molecular complexity index is 895. The molecule has 5 heteroatoms. The van der Waals surface area contributed by atoms with Crippen LogP contribution in [0.2, 0.25) is 0 Å². The second kappa shape index (κ2) is 7.90. The Morgan fingerprint density at radius 2 is 1.52 bits per heavy atom. The fourth-order valence-electron chi connectivity index (χ4n) is 4.02. The molecule has 2 aliphatic rings. The average molecular weight is 392 g/mol. The highest BCUT2D eigenvalue weighted by Crippen LogP contribution is 2.47. The number of rotatable bonds is 6. The van der Waals surface area contributed by atoms with Gasteiger partial charge >= 0.3 is 0 Å². The Labute approximate surface area is 172 Å². The van der Waals surface area contributed by atoms with Crippen LogP contribution in [0.25, 0.3) is 0 Å². The van der Waals surface area contributed by atoms with Crippen LogP contribution in [0, 0.1) is 5.41 Å². The second-order valence-electron chi connectivity index (χ2n) is 8.47. The van der Waals surface area contributed by atoms with Gasteiger partial charge in [0.25, 0.3) is 0 Å². The SMILES string of the molecule is CC(C)c1ccccc1NC(=O)C1(C(=O)Nc2ccc(N3CCCC3)cc2)CC1. The minimum Gasteiger partial charge on any atom is -0.372 e. The molecule has 1 aliphatic heterocycles. The molecular weight excluding hydrogens is 362 g/mol. The topological polar surface area (TPSA) is 61.4 Å². The summed E-state index contributed by atoms with van der Waals surface area (Å²) >= 11 is 0. The van der Waals surface area contributed by atoms with Gasteiger partial charge in [-0.1, -0.05) is 32.0 Å². The first-order valence-corrected chi connectivity index (χ1v) is 10.6. The lowest BCUT2D eigenvalue weighted by atomic mass is 9.99. The average Bonchev–Trinajstić information content (AvgIpc) is 3.36. The Morgan fingerprint density at radius 1 is 0.897 bits per heavy atom. The minimum absolute atomic E-state index is 0.211. The van der Waals surface area contributed by atoms with Crippen molar-refractivity contribution in [3.8, 4) is 0 Å². The molecule has 5 nitrogen and oxygen atoms in total. The van der Waals surface area contributed by atoms with Gasteiger partial charge in [0.1, 0.15) is 5.41 Å². The summed E-state index contributed by atoms with van der Waals surface area (Å²) in [6.45, 7) is 6.37. The summed E-state index contributed by atoms with van der Waals surface area (Å²) in [7, 11) is 0. The maximum Gasteiger partial charge on any atom is 0.240 e. The van der Waals surface area contributed by atoms with Crippen molar-refractivity contribution < 1.29 is 9.59 Å². The summed E-state index contributed by atoms with van der Waals surface area (Å²) in [6, 6.07) is 15.7. The van der Waals surface area contributed by atoms with E-state index in [0.717, 1.165) is 30.0 Å². The quantitative estimate of drug-likeness (QED) is 0.698. The monoisotopic (exact) mass is 391 g/mol. The summed E-state index contributed by atoms with van der Waals surface area (Å²) in [5.74, 6) is -0.132. The molecule has 0 unspecified atom stereocenters. The molecule has 0 atom stereocenters. The van der Waals surface area contributed by atoms with Gasteiger partial charge in [-0.15, -0.1) is 0 Å². The first kappa shape index (κ1) is 19.5. The highest BCUT2D eigenvalue weighted by atomic mass is 16.2. The van der Waals surface area contributed by atoms with Crippen LogP contribution in [0.4, 0.5) is 17.1 Å². The van der Waals surface area contributed by atoms with Gasteiger partial charge in [0, 0.05) is 30.2 Å². The summed E-state index contributed by atoms with van der Waals surface area (Å²) in [6.07, 6.45) is 3.63. The molecule has 2 amide bonds. The Morgan fingerprint density at radius 3 is 2.14 bits per heavy atom. The number of nitrogens with one attached hydrogen (secondary N) is 2. The van der Waals surface area contributed by atoms with Crippen molar-refractivity contribution >= 4 is 28.9 Å². The van der Waals surface area contributed by atoms with Crippen molar-refractivity contribution in [2.75, 3.05) is 28.6 Å². The van der Waals surface area contributed by atoms with E-state index in [1.54, 1.807) is 0 Å². The standard InChI is InChI=1S/C24H29N3O2/c1-17(2)20-7-3-4-8-21(20)26-23(29)24(13-14-24)22(28)25-18-9-11-19(12-10-18)27-15-5-6-16-27/h3-4,7-12,17H,5-6,13-16H2,1-2H3,(H,25,28)(H,26,29). The molecular formula is C24H29N3O2. The highest BCUT2D eigenvalue weighted by molar-refractivity contribution is 6.17. The lowest BCUT2D eigenvalue weighted by Crippen LogP contribution is -2.35. The van der Waals surface area contributed by atoms with E-state index in [1.807, 2.05) is 48.5 Å². The van der Waals surface area contributed by atoms with Gasteiger partial charge in [-0.25, -0.2) is 0 Å². The number of carbonyl (C=O) groups excluding carboxylic acids is 2. The minimum atomic E-state index is -0.961. The molecule has 29 heavy (non-hydrogen) atoms. The van der Waals surface area contributed by atoms with E-state index in [4.69, 9.17) is 0 Å². The van der Waals surface area contributed by atoms with Crippen LogP contribution in [0.1, 0.15) is 51.0 Å². The van der Waals surface area contributed by atoms with E-state index in [0.29, 0.717) is 18.8 Å². The van der Waals surface area contributed by atoms with Crippen LogP contribution in [0.3, 0.4) is 0 Å². The molecule has 1 saturated heterocycles. The number of benzene rings is 2. The summed E-state index contributed by atoms with van der Waals surface area (Å²) < 4.78 is 0. The molecule has 2 aromatic carbocycles. The molecule has 0 bridgehead atoms. The number of anilines is 3. The molecule has 4 rings (SSSR count). The van der Waals surface area contributed by atoms with Crippen LogP contribution in [0.15, 0.2) is 48.5 Å². The van der Waals surface area contributed by atoms with Crippen molar-refractivity contribution in [1.82, 2.24) is 0 Å². The third kappa shape index (κ3) is 4.00. The van der Waals surface area contributed by atoms with E-state index in [9.17, 15) is 9.59 Å². The molecule has 2 aromatic rings. The number of nitrogens with zero attached hydrogens (tertiary/aromatic N) is 1. The molecule has 1 heterocycles. The number of para-hydroxylation sites is 1. The van der Waals surface area contributed by atoms with Gasteiger partial charge in [-0.05, 0) is 67.5 Å². The lowest BCUT2D eigenvalue weighted by Gasteiger charge is -2.19. The molecule has 152 valence electrons. The van der Waals surface area contributed by atoms with Crippen molar-refractivity contribution in [2.24, 2.45) is 5.41 Å². The normalized spacial score (nSPS) is 17.3. The molecule has 0 radical (unpaired) electrons.